The molecule has 1 N–H and O–H groups in total. The van der Waals surface area contributed by atoms with Crippen LogP contribution in [-0.2, 0) is 5.60 Å². The fourth-order valence-electron chi connectivity index (χ4n) is 3.61. The Balaban J connectivity index is 2.08. The zero-order valence-corrected chi connectivity index (χ0v) is 12.8. The lowest BCUT2D eigenvalue weighted by molar-refractivity contribution is -0.0757. The van der Waals surface area contributed by atoms with Crippen molar-refractivity contribution in [1.82, 2.24) is 0 Å². The van der Waals surface area contributed by atoms with E-state index >= 15 is 0 Å². The molecule has 0 amide bonds. The van der Waals surface area contributed by atoms with Gasteiger partial charge in [0.15, 0.2) is 0 Å². The Morgan fingerprint density at radius 2 is 2.00 bits per heavy atom. The van der Waals surface area contributed by atoms with Crippen LogP contribution in [0.15, 0.2) is 29.6 Å². The van der Waals surface area contributed by atoms with Gasteiger partial charge in [-0.05, 0) is 47.4 Å². The number of aliphatic hydroxyl groups is 1. The smallest absolute Gasteiger partial charge is 0.0936 e. The minimum absolute atomic E-state index is 0.309. The van der Waals surface area contributed by atoms with Crippen molar-refractivity contribution in [2.24, 2.45) is 11.3 Å². The Labute approximate surface area is 119 Å². The molecule has 3 rings (SSSR count). The molecule has 2 heteroatoms. The van der Waals surface area contributed by atoms with Crippen LogP contribution in [0.4, 0.5) is 0 Å². The van der Waals surface area contributed by atoms with Crippen molar-refractivity contribution < 1.29 is 5.11 Å². The molecule has 2 aromatic rings. The SMILES string of the molecule is CC1CC(C)(C)CCC1(O)c1cccc2ccsc12. The van der Waals surface area contributed by atoms with Crippen molar-refractivity contribution in [2.75, 3.05) is 0 Å². The molecule has 1 aliphatic carbocycles. The first-order valence-electron chi connectivity index (χ1n) is 7.11. The van der Waals surface area contributed by atoms with Gasteiger partial charge in [-0.2, -0.15) is 0 Å². The summed E-state index contributed by atoms with van der Waals surface area (Å²) in [7, 11) is 0. The van der Waals surface area contributed by atoms with Gasteiger partial charge in [-0.1, -0.05) is 39.0 Å². The van der Waals surface area contributed by atoms with Crippen molar-refractivity contribution in [3.8, 4) is 0 Å². The van der Waals surface area contributed by atoms with Crippen LogP contribution < -0.4 is 0 Å². The minimum Gasteiger partial charge on any atom is -0.385 e. The van der Waals surface area contributed by atoms with E-state index in [2.05, 4.69) is 50.4 Å². The first kappa shape index (κ1) is 13.1. The monoisotopic (exact) mass is 274 g/mol. The second kappa shape index (κ2) is 4.32. The van der Waals surface area contributed by atoms with Crippen LogP contribution in [0.2, 0.25) is 0 Å². The van der Waals surface area contributed by atoms with Gasteiger partial charge >= 0.3 is 0 Å². The lowest BCUT2D eigenvalue weighted by atomic mass is 9.63. The van der Waals surface area contributed by atoms with Crippen molar-refractivity contribution >= 4 is 21.4 Å². The summed E-state index contributed by atoms with van der Waals surface area (Å²) in [6.07, 6.45) is 3.05. The zero-order valence-electron chi connectivity index (χ0n) is 11.9. The maximum Gasteiger partial charge on any atom is 0.0936 e. The summed E-state index contributed by atoms with van der Waals surface area (Å²) in [4.78, 5) is 0. The van der Waals surface area contributed by atoms with Crippen LogP contribution >= 0.6 is 11.3 Å². The van der Waals surface area contributed by atoms with Crippen LogP contribution in [0.5, 0.6) is 0 Å². The Bertz CT molecular complexity index is 598. The van der Waals surface area contributed by atoms with E-state index in [1.165, 1.54) is 10.1 Å². The van der Waals surface area contributed by atoms with Crippen LogP contribution in [-0.4, -0.2) is 5.11 Å². The molecule has 0 bridgehead atoms. The van der Waals surface area contributed by atoms with Crippen molar-refractivity contribution in [2.45, 2.75) is 45.6 Å². The van der Waals surface area contributed by atoms with Gasteiger partial charge in [0, 0.05) is 10.3 Å². The normalized spacial score (nSPS) is 30.6. The molecule has 0 radical (unpaired) electrons. The first-order valence-corrected chi connectivity index (χ1v) is 7.99. The fourth-order valence-corrected chi connectivity index (χ4v) is 4.60. The first-order chi connectivity index (χ1) is 8.92. The Morgan fingerprint density at radius 1 is 1.21 bits per heavy atom. The van der Waals surface area contributed by atoms with Gasteiger partial charge in [-0.25, -0.2) is 0 Å². The summed E-state index contributed by atoms with van der Waals surface area (Å²) in [5.74, 6) is 0.309. The third-order valence-electron chi connectivity index (χ3n) is 4.80. The summed E-state index contributed by atoms with van der Waals surface area (Å²) in [6, 6.07) is 8.48. The molecule has 1 heterocycles. The van der Waals surface area contributed by atoms with Crippen LogP contribution in [0.1, 0.15) is 45.6 Å². The lowest BCUT2D eigenvalue weighted by Gasteiger charge is -2.45. The highest BCUT2D eigenvalue weighted by Gasteiger charge is 2.44. The third kappa shape index (κ3) is 2.11. The zero-order chi connectivity index (χ0) is 13.7. The molecule has 0 saturated heterocycles. The number of fused-ring (bicyclic) bond motifs is 1. The molecule has 0 spiro atoms. The number of benzene rings is 1. The molecule has 2 unspecified atom stereocenters. The highest BCUT2D eigenvalue weighted by atomic mass is 32.1. The largest absolute Gasteiger partial charge is 0.385 e. The van der Waals surface area contributed by atoms with E-state index in [9.17, 15) is 5.11 Å². The molecule has 19 heavy (non-hydrogen) atoms. The summed E-state index contributed by atoms with van der Waals surface area (Å²) in [5.41, 5.74) is 0.845. The molecule has 1 nitrogen and oxygen atoms in total. The minimum atomic E-state index is -0.653. The molecular formula is C17H22OS. The second-order valence-corrected chi connectivity index (χ2v) is 7.75. The van der Waals surface area contributed by atoms with Gasteiger partial charge in [0.1, 0.15) is 0 Å². The van der Waals surface area contributed by atoms with Crippen LogP contribution in [0.25, 0.3) is 10.1 Å². The molecule has 1 fully saturated rings. The molecule has 102 valence electrons. The third-order valence-corrected chi connectivity index (χ3v) is 5.77. The van der Waals surface area contributed by atoms with Gasteiger partial charge < -0.3 is 5.11 Å². The topological polar surface area (TPSA) is 20.2 Å². The van der Waals surface area contributed by atoms with Gasteiger partial charge in [-0.3, -0.25) is 0 Å². The van der Waals surface area contributed by atoms with Crippen molar-refractivity contribution in [1.29, 1.82) is 0 Å². The van der Waals surface area contributed by atoms with Crippen LogP contribution in [0.3, 0.4) is 0 Å². The Kier molecular flexibility index (Phi) is 2.99. The molecule has 1 aromatic heterocycles. The number of rotatable bonds is 1. The van der Waals surface area contributed by atoms with Crippen molar-refractivity contribution in [3.63, 3.8) is 0 Å². The van der Waals surface area contributed by atoms with E-state index in [4.69, 9.17) is 0 Å². The number of hydrogen-bond acceptors (Lipinski definition) is 2. The van der Waals surface area contributed by atoms with E-state index in [0.717, 1.165) is 24.8 Å². The molecule has 1 saturated carbocycles. The summed E-state index contributed by atoms with van der Waals surface area (Å²) in [5, 5.41) is 14.6. The highest BCUT2D eigenvalue weighted by molar-refractivity contribution is 7.17. The summed E-state index contributed by atoms with van der Waals surface area (Å²) < 4.78 is 1.26. The van der Waals surface area contributed by atoms with Crippen LogP contribution in [0, 0.1) is 11.3 Å². The molecule has 1 aromatic carbocycles. The average Bonchev–Trinajstić information content (AvgIpc) is 2.82. The summed E-state index contributed by atoms with van der Waals surface area (Å²) >= 11 is 1.75. The van der Waals surface area contributed by atoms with Crippen molar-refractivity contribution in [3.05, 3.63) is 35.2 Å². The van der Waals surface area contributed by atoms with Gasteiger partial charge in [0.2, 0.25) is 0 Å². The van der Waals surface area contributed by atoms with E-state index < -0.39 is 5.60 Å². The molecule has 2 atom stereocenters. The quantitative estimate of drug-likeness (QED) is 0.781. The average molecular weight is 274 g/mol. The number of hydrogen-bond donors (Lipinski definition) is 1. The fraction of sp³-hybridized carbons (Fsp3) is 0.529. The molecule has 1 aliphatic rings. The highest BCUT2D eigenvalue weighted by Crippen LogP contribution is 2.50. The van der Waals surface area contributed by atoms with E-state index in [1.54, 1.807) is 11.3 Å². The van der Waals surface area contributed by atoms with Gasteiger partial charge in [0.05, 0.1) is 5.60 Å². The predicted octanol–water partition coefficient (Wildman–Crippen LogP) is 4.94. The standard InChI is InChI=1S/C17H22OS/c1-12-11-16(2,3)8-9-17(12,18)14-6-4-5-13-7-10-19-15(13)14/h4-7,10,12,18H,8-9,11H2,1-3H3. The number of thiophene rings is 1. The van der Waals surface area contributed by atoms with E-state index in [0.29, 0.717) is 11.3 Å². The second-order valence-electron chi connectivity index (χ2n) is 6.84. The Morgan fingerprint density at radius 3 is 2.74 bits per heavy atom. The lowest BCUT2D eigenvalue weighted by Crippen LogP contribution is -2.41. The maximum absolute atomic E-state index is 11.3. The molecular weight excluding hydrogens is 252 g/mol. The predicted molar refractivity (Wildman–Crippen MR) is 82.5 cm³/mol. The van der Waals surface area contributed by atoms with E-state index in [-0.39, 0.29) is 0 Å². The summed E-state index contributed by atoms with van der Waals surface area (Å²) in [6.45, 7) is 6.83. The van der Waals surface area contributed by atoms with Gasteiger partial charge in [0.25, 0.3) is 0 Å². The van der Waals surface area contributed by atoms with Gasteiger partial charge in [-0.15, -0.1) is 11.3 Å². The molecule has 0 aliphatic heterocycles. The maximum atomic E-state index is 11.3. The van der Waals surface area contributed by atoms with E-state index in [1.807, 2.05) is 0 Å². The Hall–Kier alpha value is -0.860.